The minimum Gasteiger partial charge on any atom is -0.455 e. The summed E-state index contributed by atoms with van der Waals surface area (Å²) in [5, 5.41) is 2.18. The predicted molar refractivity (Wildman–Crippen MR) is 170 cm³/mol. The molecule has 5 aromatic carbocycles. The predicted octanol–water partition coefficient (Wildman–Crippen LogP) is 9.02. The van der Waals surface area contributed by atoms with Gasteiger partial charge in [0, 0.05) is 33.4 Å². The lowest BCUT2D eigenvalue weighted by Crippen LogP contribution is -2.41. The second-order valence-electron chi connectivity index (χ2n) is 11.7. The first kappa shape index (κ1) is 25.6. The van der Waals surface area contributed by atoms with Crippen molar-refractivity contribution in [2.45, 2.75) is 38.9 Å². The van der Waals surface area contributed by atoms with Crippen molar-refractivity contribution in [3.8, 4) is 11.1 Å². The Bertz CT molecular complexity index is 1790. The maximum atomic E-state index is 6.50. The van der Waals surface area contributed by atoms with Gasteiger partial charge in [-0.05, 0) is 81.2 Å². The van der Waals surface area contributed by atoms with Crippen molar-refractivity contribution in [3.63, 3.8) is 0 Å². The molecule has 6 aromatic rings. The minimum atomic E-state index is -0.404. The maximum Gasteiger partial charge on any atom is 0.494 e. The van der Waals surface area contributed by atoms with E-state index in [1.807, 2.05) is 24.3 Å². The van der Waals surface area contributed by atoms with Crippen LogP contribution in [0.2, 0.25) is 0 Å². The van der Waals surface area contributed by atoms with E-state index in [-0.39, 0.29) is 11.2 Å². The van der Waals surface area contributed by atoms with Crippen LogP contribution in [0.15, 0.2) is 126 Å². The normalized spacial score (nSPS) is 16.0. The molecule has 202 valence electrons. The molecule has 1 fully saturated rings. The third-order valence-electron chi connectivity index (χ3n) is 8.50. The molecule has 0 bridgehead atoms. The van der Waals surface area contributed by atoms with Gasteiger partial charge < -0.3 is 18.6 Å². The van der Waals surface area contributed by atoms with Crippen molar-refractivity contribution in [1.82, 2.24) is 0 Å². The average Bonchev–Trinajstić information content (AvgIpc) is 3.46. The van der Waals surface area contributed by atoms with E-state index in [1.165, 1.54) is 0 Å². The Morgan fingerprint density at radius 1 is 0.561 bits per heavy atom. The molecule has 0 unspecified atom stereocenters. The Balaban J connectivity index is 1.40. The van der Waals surface area contributed by atoms with Crippen LogP contribution >= 0.6 is 0 Å². The van der Waals surface area contributed by atoms with Crippen molar-refractivity contribution in [2.24, 2.45) is 0 Å². The second-order valence-corrected chi connectivity index (χ2v) is 11.7. The van der Waals surface area contributed by atoms with Crippen LogP contribution in [0.3, 0.4) is 0 Å². The average molecular weight is 537 g/mol. The molecular weight excluding hydrogens is 505 g/mol. The summed E-state index contributed by atoms with van der Waals surface area (Å²) in [6, 6.07) is 42.2. The number of anilines is 3. The molecule has 0 amide bonds. The number of hydrogen-bond donors (Lipinski definition) is 0. The van der Waals surface area contributed by atoms with E-state index in [9.17, 15) is 0 Å². The molecule has 0 spiro atoms. The molecule has 4 nitrogen and oxygen atoms in total. The van der Waals surface area contributed by atoms with Crippen molar-refractivity contribution in [2.75, 3.05) is 4.90 Å². The third kappa shape index (κ3) is 4.42. The molecular formula is C36H32BNO3. The summed E-state index contributed by atoms with van der Waals surface area (Å²) in [7, 11) is -0.404. The van der Waals surface area contributed by atoms with Crippen molar-refractivity contribution in [3.05, 3.63) is 121 Å². The number of rotatable bonds is 5. The molecule has 7 rings (SSSR count). The highest BCUT2D eigenvalue weighted by Gasteiger charge is 2.51. The molecule has 41 heavy (non-hydrogen) atoms. The molecule has 1 aliphatic rings. The van der Waals surface area contributed by atoms with Gasteiger partial charge in [0.15, 0.2) is 0 Å². The zero-order valence-electron chi connectivity index (χ0n) is 23.8. The summed E-state index contributed by atoms with van der Waals surface area (Å²) in [4.78, 5) is 2.30. The van der Waals surface area contributed by atoms with Crippen LogP contribution in [0.4, 0.5) is 17.1 Å². The molecule has 0 N–H and O–H groups in total. The monoisotopic (exact) mass is 537 g/mol. The minimum absolute atomic E-state index is 0.385. The Morgan fingerprint density at radius 2 is 1.12 bits per heavy atom. The maximum absolute atomic E-state index is 6.50. The second kappa shape index (κ2) is 9.65. The number of fused-ring (bicyclic) bond motifs is 3. The van der Waals surface area contributed by atoms with Crippen molar-refractivity contribution in [1.29, 1.82) is 0 Å². The number of hydrogen-bond acceptors (Lipinski definition) is 4. The molecule has 0 aliphatic carbocycles. The van der Waals surface area contributed by atoms with Gasteiger partial charge in [0.25, 0.3) is 0 Å². The van der Waals surface area contributed by atoms with Gasteiger partial charge in [0.1, 0.15) is 11.2 Å². The van der Waals surface area contributed by atoms with Gasteiger partial charge in [0.05, 0.1) is 11.2 Å². The Hall–Kier alpha value is -4.32. The number of para-hydroxylation sites is 3. The summed E-state index contributed by atoms with van der Waals surface area (Å²) >= 11 is 0. The van der Waals surface area contributed by atoms with Gasteiger partial charge in [-0.1, -0.05) is 78.9 Å². The van der Waals surface area contributed by atoms with Crippen LogP contribution in [0.1, 0.15) is 27.7 Å². The van der Waals surface area contributed by atoms with Gasteiger partial charge >= 0.3 is 7.12 Å². The van der Waals surface area contributed by atoms with Crippen molar-refractivity contribution < 1.29 is 13.7 Å². The lowest BCUT2D eigenvalue weighted by atomic mass is 9.78. The van der Waals surface area contributed by atoms with E-state index >= 15 is 0 Å². The van der Waals surface area contributed by atoms with Crippen LogP contribution in [0.25, 0.3) is 33.1 Å². The number of furan rings is 1. The largest absolute Gasteiger partial charge is 0.494 e. The first-order valence-electron chi connectivity index (χ1n) is 14.1. The van der Waals surface area contributed by atoms with Gasteiger partial charge in [-0.3, -0.25) is 0 Å². The topological polar surface area (TPSA) is 34.8 Å². The Labute approximate surface area is 241 Å². The highest BCUT2D eigenvalue weighted by molar-refractivity contribution is 6.62. The van der Waals surface area contributed by atoms with E-state index in [0.29, 0.717) is 0 Å². The van der Waals surface area contributed by atoms with Crippen LogP contribution in [-0.4, -0.2) is 18.3 Å². The lowest BCUT2D eigenvalue weighted by Gasteiger charge is -2.32. The zero-order chi connectivity index (χ0) is 28.2. The number of nitrogens with zero attached hydrogens (tertiary/aromatic N) is 1. The molecule has 0 saturated carbocycles. The Morgan fingerprint density at radius 3 is 1.73 bits per heavy atom. The smallest absolute Gasteiger partial charge is 0.455 e. The van der Waals surface area contributed by atoms with Gasteiger partial charge in [0.2, 0.25) is 0 Å². The fourth-order valence-electron chi connectivity index (χ4n) is 5.56. The van der Waals surface area contributed by atoms with Gasteiger partial charge in [-0.25, -0.2) is 0 Å². The van der Waals surface area contributed by atoms with Crippen molar-refractivity contribution >= 4 is 51.6 Å². The zero-order valence-corrected chi connectivity index (χ0v) is 23.8. The van der Waals surface area contributed by atoms with Gasteiger partial charge in [-0.15, -0.1) is 0 Å². The molecule has 0 radical (unpaired) electrons. The highest BCUT2D eigenvalue weighted by atomic mass is 16.7. The summed E-state index contributed by atoms with van der Waals surface area (Å²) in [6.07, 6.45) is 0. The van der Waals surface area contributed by atoms with E-state index in [0.717, 1.165) is 55.6 Å². The number of benzene rings is 5. The lowest BCUT2D eigenvalue weighted by molar-refractivity contribution is 0.00578. The van der Waals surface area contributed by atoms with Crippen LogP contribution in [-0.2, 0) is 9.31 Å². The summed E-state index contributed by atoms with van der Waals surface area (Å²) < 4.78 is 19.1. The van der Waals surface area contributed by atoms with E-state index < -0.39 is 7.12 Å². The molecule has 1 aliphatic heterocycles. The van der Waals surface area contributed by atoms with Crippen LogP contribution < -0.4 is 10.4 Å². The van der Waals surface area contributed by atoms with Gasteiger partial charge in [-0.2, -0.15) is 0 Å². The van der Waals surface area contributed by atoms with Crippen LogP contribution in [0.5, 0.6) is 0 Å². The quantitative estimate of drug-likeness (QED) is 0.206. The third-order valence-corrected chi connectivity index (χ3v) is 8.50. The molecule has 2 heterocycles. The summed E-state index contributed by atoms with van der Waals surface area (Å²) in [6.45, 7) is 8.32. The first-order valence-corrected chi connectivity index (χ1v) is 14.1. The first-order chi connectivity index (χ1) is 19.8. The molecule has 0 atom stereocenters. The molecule has 1 aromatic heterocycles. The fourth-order valence-corrected chi connectivity index (χ4v) is 5.56. The Kier molecular flexibility index (Phi) is 6.04. The summed E-state index contributed by atoms with van der Waals surface area (Å²) in [5.74, 6) is 0. The SMILES string of the molecule is CC1(C)OB(c2ccc(-c3cc(N(c4ccccc4)c4ccccc4)cc4c3oc3ccccc34)cc2)OC1(C)C. The molecule has 1 saturated heterocycles. The van der Waals surface area contributed by atoms with E-state index in [2.05, 4.69) is 130 Å². The van der Waals surface area contributed by atoms with E-state index in [1.54, 1.807) is 0 Å². The fraction of sp³-hybridized carbons (Fsp3) is 0.167. The van der Waals surface area contributed by atoms with Crippen LogP contribution in [0, 0.1) is 0 Å². The summed E-state index contributed by atoms with van der Waals surface area (Å²) in [5.41, 5.74) is 7.32. The highest BCUT2D eigenvalue weighted by Crippen LogP contribution is 2.43. The molecule has 5 heteroatoms. The van der Waals surface area contributed by atoms with E-state index in [4.69, 9.17) is 13.7 Å². The standard InChI is InChI=1S/C36H32BNO3/c1-35(2)36(3,4)41-37(40-35)26-21-19-25(20-22-26)31-23-29(24-32-30-17-11-12-18-33(30)39-34(31)32)38(27-13-7-5-8-14-27)28-15-9-6-10-16-28/h5-24H,1-4H3.